The monoisotopic (exact) mass is 426 g/mol. The smallest absolute Gasteiger partial charge is 0.264 e. The van der Waals surface area contributed by atoms with Crippen molar-refractivity contribution in [1.29, 1.82) is 0 Å². The predicted octanol–water partition coefficient (Wildman–Crippen LogP) is 4.23. The maximum absolute atomic E-state index is 12.9. The van der Waals surface area contributed by atoms with Gasteiger partial charge in [0, 0.05) is 28.3 Å². The number of likely N-dealkylation sites (N-methyl/N-ethyl adjacent to an activating group) is 1. The minimum Gasteiger partial charge on any atom is -0.339 e. The van der Waals surface area contributed by atoms with Gasteiger partial charge in [0.1, 0.15) is 6.04 Å². The second-order valence-electron chi connectivity index (χ2n) is 5.91. The Morgan fingerprint density at radius 3 is 2.88 bits per heavy atom. The number of piperidine rings is 1. The molecule has 0 saturated carbocycles. The number of hydrogen-bond donors (Lipinski definition) is 0. The van der Waals surface area contributed by atoms with Crippen molar-refractivity contribution in [2.45, 2.75) is 31.8 Å². The average molecular weight is 427 g/mol. The number of thiophene rings is 2. The zero-order chi connectivity index (χ0) is 17.1. The molecule has 0 radical (unpaired) electrons. The molecule has 2 aromatic rings. The van der Waals surface area contributed by atoms with Gasteiger partial charge in [-0.2, -0.15) is 0 Å². The van der Waals surface area contributed by atoms with Gasteiger partial charge in [-0.25, -0.2) is 0 Å². The van der Waals surface area contributed by atoms with Gasteiger partial charge in [0.05, 0.1) is 11.4 Å². The van der Waals surface area contributed by atoms with E-state index in [1.165, 1.54) is 11.3 Å². The summed E-state index contributed by atoms with van der Waals surface area (Å²) in [6.07, 6.45) is 2.69. The Kier molecular flexibility index (Phi) is 5.73. The lowest BCUT2D eigenvalue weighted by Gasteiger charge is -2.36. The van der Waals surface area contributed by atoms with Gasteiger partial charge in [-0.3, -0.25) is 9.59 Å². The first-order valence-electron chi connectivity index (χ1n) is 7.88. The highest BCUT2D eigenvalue weighted by Gasteiger charge is 2.34. The Morgan fingerprint density at radius 1 is 1.38 bits per heavy atom. The normalized spacial score (nSPS) is 17.8. The molecule has 3 heterocycles. The number of nitrogens with zero attached hydrogens (tertiary/aromatic N) is 2. The van der Waals surface area contributed by atoms with E-state index in [2.05, 4.69) is 15.9 Å². The van der Waals surface area contributed by atoms with Crippen molar-refractivity contribution in [2.24, 2.45) is 0 Å². The largest absolute Gasteiger partial charge is 0.339 e. The zero-order valence-electron chi connectivity index (χ0n) is 13.4. The number of rotatable bonds is 4. The van der Waals surface area contributed by atoms with Crippen LogP contribution in [0.25, 0.3) is 0 Å². The third kappa shape index (κ3) is 3.90. The van der Waals surface area contributed by atoms with Gasteiger partial charge in [-0.05, 0) is 52.7 Å². The van der Waals surface area contributed by atoms with Gasteiger partial charge in [0.15, 0.2) is 0 Å². The van der Waals surface area contributed by atoms with Crippen molar-refractivity contribution >= 4 is 50.4 Å². The summed E-state index contributed by atoms with van der Waals surface area (Å²) in [5.41, 5.74) is 0. The lowest BCUT2D eigenvalue weighted by molar-refractivity contribution is -0.136. The molecule has 4 nitrogen and oxygen atoms in total. The molecule has 1 aliphatic rings. The van der Waals surface area contributed by atoms with E-state index in [9.17, 15) is 9.59 Å². The van der Waals surface area contributed by atoms with Crippen LogP contribution in [-0.4, -0.2) is 41.2 Å². The lowest BCUT2D eigenvalue weighted by atomic mass is 10.0. The summed E-state index contributed by atoms with van der Waals surface area (Å²) in [5, 5.41) is 3.91. The van der Waals surface area contributed by atoms with Crippen molar-refractivity contribution in [3.8, 4) is 0 Å². The lowest BCUT2D eigenvalue weighted by Crippen LogP contribution is -2.52. The molecule has 1 saturated heterocycles. The highest BCUT2D eigenvalue weighted by Crippen LogP contribution is 2.25. The average Bonchev–Trinajstić information content (AvgIpc) is 3.25. The van der Waals surface area contributed by atoms with Crippen LogP contribution in [0.5, 0.6) is 0 Å². The van der Waals surface area contributed by atoms with E-state index in [0.29, 0.717) is 18.0 Å². The molecule has 1 fully saturated rings. The molecular formula is C17H19BrN2O2S2. The summed E-state index contributed by atoms with van der Waals surface area (Å²) in [4.78, 5) is 31.0. The van der Waals surface area contributed by atoms with Gasteiger partial charge in [-0.15, -0.1) is 22.7 Å². The standard InChI is InChI=1S/C17H19BrN2O2S2/c1-19(10-13-9-12(18)11-24-13)16(21)14-5-2-3-7-20(14)17(22)15-6-4-8-23-15/h4,6,8-9,11,14H,2-3,5,7,10H2,1H3. The molecule has 0 bridgehead atoms. The number of carbonyl (C=O) groups excluding carboxylic acids is 2. The molecule has 0 spiro atoms. The van der Waals surface area contributed by atoms with Crippen molar-refractivity contribution in [2.75, 3.05) is 13.6 Å². The van der Waals surface area contributed by atoms with Gasteiger partial charge in [-0.1, -0.05) is 6.07 Å². The quantitative estimate of drug-likeness (QED) is 0.733. The topological polar surface area (TPSA) is 40.6 Å². The Morgan fingerprint density at radius 2 is 2.21 bits per heavy atom. The van der Waals surface area contributed by atoms with E-state index >= 15 is 0 Å². The molecule has 2 amide bonds. The van der Waals surface area contributed by atoms with Crippen LogP contribution in [0.3, 0.4) is 0 Å². The molecule has 1 aliphatic heterocycles. The highest BCUT2D eigenvalue weighted by molar-refractivity contribution is 9.10. The van der Waals surface area contributed by atoms with Crippen molar-refractivity contribution in [3.63, 3.8) is 0 Å². The number of carbonyl (C=O) groups is 2. The molecule has 0 aromatic carbocycles. The van der Waals surface area contributed by atoms with Gasteiger partial charge >= 0.3 is 0 Å². The predicted molar refractivity (Wildman–Crippen MR) is 101 cm³/mol. The fourth-order valence-electron chi connectivity index (χ4n) is 2.98. The minimum atomic E-state index is -0.346. The summed E-state index contributed by atoms with van der Waals surface area (Å²) in [7, 11) is 1.82. The van der Waals surface area contributed by atoms with Crippen molar-refractivity contribution in [3.05, 3.63) is 43.2 Å². The second kappa shape index (κ2) is 7.80. The molecule has 1 unspecified atom stereocenters. The fraction of sp³-hybridized carbons (Fsp3) is 0.412. The third-order valence-corrected chi connectivity index (χ3v) is 6.71. The Balaban J connectivity index is 1.72. The van der Waals surface area contributed by atoms with Crippen LogP contribution in [-0.2, 0) is 11.3 Å². The SMILES string of the molecule is CN(Cc1cc(Br)cs1)C(=O)C1CCCCN1C(=O)c1cccs1. The summed E-state index contributed by atoms with van der Waals surface area (Å²) in [6.45, 7) is 1.23. The van der Waals surface area contributed by atoms with E-state index in [4.69, 9.17) is 0 Å². The fourth-order valence-corrected chi connectivity index (χ4v) is 5.16. The van der Waals surface area contributed by atoms with E-state index in [1.54, 1.807) is 21.1 Å². The summed E-state index contributed by atoms with van der Waals surface area (Å²) < 4.78 is 1.04. The van der Waals surface area contributed by atoms with Gasteiger partial charge < -0.3 is 9.80 Å². The van der Waals surface area contributed by atoms with Crippen LogP contribution in [0.4, 0.5) is 0 Å². The summed E-state index contributed by atoms with van der Waals surface area (Å²) in [5.74, 6) is 0.0134. The number of likely N-dealkylation sites (tertiary alicyclic amines) is 1. The van der Waals surface area contributed by atoms with E-state index < -0.39 is 0 Å². The summed E-state index contributed by atoms with van der Waals surface area (Å²) >= 11 is 6.50. The maximum atomic E-state index is 12.9. The zero-order valence-corrected chi connectivity index (χ0v) is 16.6. The maximum Gasteiger partial charge on any atom is 0.264 e. The first kappa shape index (κ1) is 17.6. The second-order valence-corrected chi connectivity index (χ2v) is 8.77. The van der Waals surface area contributed by atoms with E-state index in [-0.39, 0.29) is 17.9 Å². The van der Waals surface area contributed by atoms with E-state index in [0.717, 1.165) is 28.6 Å². The van der Waals surface area contributed by atoms with Crippen LogP contribution in [0.2, 0.25) is 0 Å². The summed E-state index contributed by atoms with van der Waals surface area (Å²) in [6, 6.07) is 5.39. The number of halogens is 1. The molecule has 128 valence electrons. The first-order valence-corrected chi connectivity index (χ1v) is 10.4. The Labute approximate surface area is 158 Å². The molecule has 2 aromatic heterocycles. The van der Waals surface area contributed by atoms with Crippen LogP contribution in [0.15, 0.2) is 33.4 Å². The van der Waals surface area contributed by atoms with E-state index in [1.807, 2.05) is 36.0 Å². The third-order valence-electron chi connectivity index (χ3n) is 4.17. The van der Waals surface area contributed by atoms with Crippen LogP contribution in [0.1, 0.15) is 33.8 Å². The molecule has 7 heteroatoms. The molecule has 0 N–H and O–H groups in total. The van der Waals surface area contributed by atoms with Gasteiger partial charge in [0.2, 0.25) is 5.91 Å². The molecule has 3 rings (SSSR count). The van der Waals surface area contributed by atoms with Crippen LogP contribution in [0, 0.1) is 0 Å². The van der Waals surface area contributed by atoms with Crippen LogP contribution < -0.4 is 0 Å². The molecule has 24 heavy (non-hydrogen) atoms. The van der Waals surface area contributed by atoms with Crippen molar-refractivity contribution < 1.29 is 9.59 Å². The molecule has 1 atom stereocenters. The minimum absolute atomic E-state index is 0.0182. The number of hydrogen-bond acceptors (Lipinski definition) is 4. The first-order chi connectivity index (χ1) is 11.6. The Bertz CT molecular complexity index is 714. The highest BCUT2D eigenvalue weighted by atomic mass is 79.9. The molecular weight excluding hydrogens is 408 g/mol. The number of amides is 2. The van der Waals surface area contributed by atoms with Crippen LogP contribution >= 0.6 is 38.6 Å². The molecule has 0 aliphatic carbocycles. The van der Waals surface area contributed by atoms with Crippen molar-refractivity contribution in [1.82, 2.24) is 9.80 Å². The Hall–Kier alpha value is -1.18. The van der Waals surface area contributed by atoms with Gasteiger partial charge in [0.25, 0.3) is 5.91 Å².